The highest BCUT2D eigenvalue weighted by Gasteiger charge is 2.17. The van der Waals surface area contributed by atoms with Gasteiger partial charge in [-0.1, -0.05) is 18.5 Å². The number of thiophene rings is 1. The van der Waals surface area contributed by atoms with Crippen LogP contribution in [0, 0.1) is 5.92 Å². The number of aromatic nitrogens is 2. The number of hydrogen-bond acceptors (Lipinski definition) is 3. The van der Waals surface area contributed by atoms with Gasteiger partial charge in [-0.05, 0) is 43.2 Å². The van der Waals surface area contributed by atoms with Crippen LogP contribution < -0.4 is 5.32 Å². The molecule has 0 spiro atoms. The van der Waals surface area contributed by atoms with Gasteiger partial charge in [0.25, 0.3) is 5.91 Å². The number of amides is 1. The first-order chi connectivity index (χ1) is 10.6. The van der Waals surface area contributed by atoms with Crippen LogP contribution in [0.25, 0.3) is 0 Å². The molecule has 2 aromatic rings. The monoisotopic (exact) mass is 337 g/mol. The number of carbonyl (C=O) groups is 1. The van der Waals surface area contributed by atoms with Gasteiger partial charge in [0.2, 0.25) is 0 Å². The molecule has 0 unspecified atom stereocenters. The molecule has 6 heteroatoms. The molecule has 0 fully saturated rings. The summed E-state index contributed by atoms with van der Waals surface area (Å²) in [6, 6.07) is 2.08. The molecule has 0 aliphatic heterocycles. The van der Waals surface area contributed by atoms with Gasteiger partial charge in [0.1, 0.15) is 0 Å². The summed E-state index contributed by atoms with van der Waals surface area (Å²) in [5, 5.41) is 7.83. The summed E-state index contributed by atoms with van der Waals surface area (Å²) in [4.78, 5) is 14.5. The summed E-state index contributed by atoms with van der Waals surface area (Å²) in [6.07, 6.45) is 8.17. The maximum atomic E-state index is 12.3. The SMILES string of the molecule is C[C@@H](CNC(=O)c1cc2c(s1)CCCC2)Cn1cc(Cl)cn1. The normalized spacial score (nSPS) is 15.4. The number of nitrogens with one attached hydrogen (secondary N) is 1. The third-order valence-electron chi connectivity index (χ3n) is 3.93. The molecule has 1 aliphatic rings. The Kier molecular flexibility index (Phi) is 4.84. The fraction of sp³-hybridized carbons (Fsp3) is 0.500. The highest BCUT2D eigenvalue weighted by molar-refractivity contribution is 7.14. The number of rotatable bonds is 5. The van der Waals surface area contributed by atoms with Crippen LogP contribution in [0.4, 0.5) is 0 Å². The Morgan fingerprint density at radius 1 is 1.50 bits per heavy atom. The lowest BCUT2D eigenvalue weighted by molar-refractivity contribution is 0.0950. The second kappa shape index (κ2) is 6.84. The van der Waals surface area contributed by atoms with Crippen LogP contribution >= 0.6 is 22.9 Å². The van der Waals surface area contributed by atoms with Crippen LogP contribution in [0.15, 0.2) is 18.5 Å². The number of hydrogen-bond donors (Lipinski definition) is 1. The number of carbonyl (C=O) groups excluding carboxylic acids is 1. The van der Waals surface area contributed by atoms with Crippen LogP contribution in [-0.4, -0.2) is 22.2 Å². The Hall–Kier alpha value is -1.33. The van der Waals surface area contributed by atoms with Crippen molar-refractivity contribution in [3.63, 3.8) is 0 Å². The topological polar surface area (TPSA) is 46.9 Å². The van der Waals surface area contributed by atoms with Gasteiger partial charge in [0.05, 0.1) is 16.1 Å². The molecule has 22 heavy (non-hydrogen) atoms. The van der Waals surface area contributed by atoms with Crippen LogP contribution in [-0.2, 0) is 19.4 Å². The largest absolute Gasteiger partial charge is 0.351 e. The van der Waals surface area contributed by atoms with E-state index in [1.54, 1.807) is 23.7 Å². The molecule has 4 nitrogen and oxygen atoms in total. The molecule has 1 amide bonds. The average Bonchev–Trinajstić information content (AvgIpc) is 3.10. The number of aryl methyl sites for hydroxylation is 2. The van der Waals surface area contributed by atoms with Crippen LogP contribution in [0.2, 0.25) is 5.02 Å². The van der Waals surface area contributed by atoms with Gasteiger partial charge >= 0.3 is 0 Å². The van der Waals surface area contributed by atoms with E-state index in [9.17, 15) is 4.79 Å². The Morgan fingerprint density at radius 3 is 3.05 bits per heavy atom. The molecule has 3 rings (SSSR count). The predicted octanol–water partition coefficient (Wildman–Crippen LogP) is 3.54. The van der Waals surface area contributed by atoms with Gasteiger partial charge in [-0.15, -0.1) is 11.3 Å². The molecule has 0 saturated carbocycles. The van der Waals surface area contributed by atoms with Crippen LogP contribution in [0.5, 0.6) is 0 Å². The number of fused-ring (bicyclic) bond motifs is 1. The minimum Gasteiger partial charge on any atom is -0.351 e. The van der Waals surface area contributed by atoms with Crippen molar-refractivity contribution in [1.82, 2.24) is 15.1 Å². The number of halogens is 1. The van der Waals surface area contributed by atoms with E-state index in [0.29, 0.717) is 17.5 Å². The van der Waals surface area contributed by atoms with Crippen LogP contribution in [0.3, 0.4) is 0 Å². The third kappa shape index (κ3) is 3.70. The average molecular weight is 338 g/mol. The van der Waals surface area contributed by atoms with E-state index in [4.69, 9.17) is 11.6 Å². The highest BCUT2D eigenvalue weighted by Crippen LogP contribution is 2.29. The number of nitrogens with zero attached hydrogens (tertiary/aromatic N) is 2. The molecule has 0 aromatic carbocycles. The maximum Gasteiger partial charge on any atom is 0.261 e. The van der Waals surface area contributed by atoms with E-state index in [1.807, 2.05) is 4.68 Å². The molecule has 2 heterocycles. The van der Waals surface area contributed by atoms with Gasteiger partial charge in [0, 0.05) is 24.2 Å². The Balaban J connectivity index is 1.52. The lowest BCUT2D eigenvalue weighted by atomic mass is 9.99. The molecule has 1 aliphatic carbocycles. The van der Waals surface area contributed by atoms with Gasteiger partial charge < -0.3 is 5.32 Å². The summed E-state index contributed by atoms with van der Waals surface area (Å²) in [5.74, 6) is 0.347. The highest BCUT2D eigenvalue weighted by atomic mass is 35.5. The first-order valence-corrected chi connectivity index (χ1v) is 8.89. The van der Waals surface area contributed by atoms with Crippen molar-refractivity contribution in [2.75, 3.05) is 6.54 Å². The van der Waals surface area contributed by atoms with E-state index in [1.165, 1.54) is 23.3 Å². The second-order valence-corrected chi connectivity index (χ2v) is 7.54. The summed E-state index contributed by atoms with van der Waals surface area (Å²) >= 11 is 7.50. The third-order valence-corrected chi connectivity index (χ3v) is 5.36. The van der Waals surface area contributed by atoms with E-state index >= 15 is 0 Å². The summed E-state index contributed by atoms with van der Waals surface area (Å²) in [7, 11) is 0. The van der Waals surface area contributed by atoms with Gasteiger partial charge in [-0.3, -0.25) is 9.48 Å². The Morgan fingerprint density at radius 2 is 2.32 bits per heavy atom. The van der Waals surface area contributed by atoms with E-state index in [-0.39, 0.29) is 5.91 Å². The first kappa shape index (κ1) is 15.6. The first-order valence-electron chi connectivity index (χ1n) is 7.69. The lowest BCUT2D eigenvalue weighted by Gasteiger charge is -2.12. The maximum absolute atomic E-state index is 12.3. The Labute approximate surface area is 139 Å². The molecule has 0 bridgehead atoms. The van der Waals surface area contributed by atoms with Crippen molar-refractivity contribution in [2.45, 2.75) is 39.2 Å². The van der Waals surface area contributed by atoms with Crippen molar-refractivity contribution >= 4 is 28.8 Å². The second-order valence-electron chi connectivity index (χ2n) is 5.96. The summed E-state index contributed by atoms with van der Waals surface area (Å²) in [5.41, 5.74) is 1.38. The minimum absolute atomic E-state index is 0.0461. The fourth-order valence-corrected chi connectivity index (χ4v) is 4.10. The molecule has 0 saturated heterocycles. The molecular weight excluding hydrogens is 318 g/mol. The van der Waals surface area contributed by atoms with Crippen molar-refractivity contribution < 1.29 is 4.79 Å². The molecule has 0 radical (unpaired) electrons. The Bertz CT molecular complexity index is 641. The zero-order chi connectivity index (χ0) is 15.5. The van der Waals surface area contributed by atoms with Crippen molar-refractivity contribution in [3.05, 3.63) is 38.8 Å². The molecule has 1 atom stereocenters. The van der Waals surface area contributed by atoms with E-state index in [0.717, 1.165) is 24.3 Å². The molecule has 118 valence electrons. The smallest absolute Gasteiger partial charge is 0.261 e. The van der Waals surface area contributed by atoms with E-state index < -0.39 is 0 Å². The standard InChI is InChI=1S/C16H20ClN3OS/c1-11(9-20-10-13(17)8-19-20)7-18-16(21)15-6-12-4-2-3-5-14(12)22-15/h6,8,10-11H,2-5,7,9H2,1H3,(H,18,21)/t11-/m0/s1. The van der Waals surface area contributed by atoms with Crippen LogP contribution in [0.1, 0.15) is 39.9 Å². The molecule has 2 aromatic heterocycles. The molecular formula is C16H20ClN3OS. The fourth-order valence-electron chi connectivity index (χ4n) is 2.78. The van der Waals surface area contributed by atoms with Gasteiger partial charge in [0.15, 0.2) is 0 Å². The zero-order valence-electron chi connectivity index (χ0n) is 12.6. The van der Waals surface area contributed by atoms with E-state index in [2.05, 4.69) is 23.4 Å². The van der Waals surface area contributed by atoms with Crippen molar-refractivity contribution in [3.8, 4) is 0 Å². The zero-order valence-corrected chi connectivity index (χ0v) is 14.2. The van der Waals surface area contributed by atoms with Gasteiger partial charge in [-0.25, -0.2) is 0 Å². The lowest BCUT2D eigenvalue weighted by Crippen LogP contribution is -2.29. The van der Waals surface area contributed by atoms with Crippen molar-refractivity contribution in [1.29, 1.82) is 0 Å². The van der Waals surface area contributed by atoms with Gasteiger partial charge in [-0.2, -0.15) is 5.10 Å². The predicted molar refractivity (Wildman–Crippen MR) is 89.7 cm³/mol. The van der Waals surface area contributed by atoms with Crippen molar-refractivity contribution in [2.24, 2.45) is 5.92 Å². The summed E-state index contributed by atoms with van der Waals surface area (Å²) < 4.78 is 1.81. The summed E-state index contributed by atoms with van der Waals surface area (Å²) in [6.45, 7) is 3.47. The quantitative estimate of drug-likeness (QED) is 0.907. The molecule has 1 N–H and O–H groups in total. The minimum atomic E-state index is 0.0461.